The second-order valence-electron chi connectivity index (χ2n) is 6.06. The molecule has 21 heavy (non-hydrogen) atoms. The molecule has 0 amide bonds. The highest BCUT2D eigenvalue weighted by molar-refractivity contribution is 6.31. The number of aromatic nitrogens is 2. The number of nitrogens with zero attached hydrogens (tertiary/aromatic N) is 2. The summed E-state index contributed by atoms with van der Waals surface area (Å²) in [7, 11) is 0. The van der Waals surface area contributed by atoms with E-state index >= 15 is 0 Å². The molecule has 112 valence electrons. The monoisotopic (exact) mass is 303 g/mol. The average Bonchev–Trinajstić information content (AvgIpc) is 3.11. The zero-order valence-electron chi connectivity index (χ0n) is 12.6. The van der Waals surface area contributed by atoms with Gasteiger partial charge in [0.1, 0.15) is 5.82 Å². The fraction of sp³-hybridized carbons (Fsp3) is 0.471. The number of hydrogen-bond donors (Lipinski definition) is 1. The minimum Gasteiger partial charge on any atom is -0.335 e. The third-order valence-electron chi connectivity index (χ3n) is 4.39. The van der Waals surface area contributed by atoms with Crippen molar-refractivity contribution in [3.8, 4) is 0 Å². The van der Waals surface area contributed by atoms with E-state index in [0.717, 1.165) is 23.8 Å². The molecule has 1 aromatic heterocycles. The van der Waals surface area contributed by atoms with E-state index in [-0.39, 0.29) is 5.54 Å². The summed E-state index contributed by atoms with van der Waals surface area (Å²) < 4.78 is 2.20. The number of halogens is 1. The zero-order chi connectivity index (χ0) is 14.9. The van der Waals surface area contributed by atoms with E-state index < -0.39 is 0 Å². The predicted octanol–water partition coefficient (Wildman–Crippen LogP) is 3.90. The Hall–Kier alpha value is -1.32. The Bertz CT molecular complexity index is 616. The Balaban J connectivity index is 1.61. The molecule has 1 aliphatic rings. The molecule has 1 atom stereocenters. The van der Waals surface area contributed by atoms with Gasteiger partial charge in [-0.1, -0.05) is 29.8 Å². The summed E-state index contributed by atoms with van der Waals surface area (Å²) in [6.07, 6.45) is 7.34. The van der Waals surface area contributed by atoms with Crippen LogP contribution in [0.3, 0.4) is 0 Å². The van der Waals surface area contributed by atoms with Crippen molar-refractivity contribution in [2.75, 3.05) is 0 Å². The van der Waals surface area contributed by atoms with Crippen molar-refractivity contribution in [3.63, 3.8) is 0 Å². The summed E-state index contributed by atoms with van der Waals surface area (Å²) >= 11 is 6.36. The summed E-state index contributed by atoms with van der Waals surface area (Å²) in [5, 5.41) is 4.66. The van der Waals surface area contributed by atoms with Crippen molar-refractivity contribution in [3.05, 3.63) is 53.1 Å². The molecule has 4 heteroatoms. The summed E-state index contributed by atoms with van der Waals surface area (Å²) in [4.78, 5) is 4.27. The minimum atomic E-state index is 0.0990. The molecule has 3 nitrogen and oxygen atoms in total. The van der Waals surface area contributed by atoms with Gasteiger partial charge in [-0.25, -0.2) is 4.98 Å². The van der Waals surface area contributed by atoms with Gasteiger partial charge < -0.3 is 9.88 Å². The topological polar surface area (TPSA) is 29.9 Å². The quantitative estimate of drug-likeness (QED) is 0.877. The molecule has 1 saturated carbocycles. The number of rotatable bonds is 6. The van der Waals surface area contributed by atoms with Crippen LogP contribution in [-0.2, 0) is 12.1 Å². The predicted molar refractivity (Wildman–Crippen MR) is 86.5 cm³/mol. The number of hydrogen-bond acceptors (Lipinski definition) is 2. The maximum atomic E-state index is 6.36. The van der Waals surface area contributed by atoms with E-state index in [4.69, 9.17) is 11.6 Å². The molecule has 3 rings (SSSR count). The van der Waals surface area contributed by atoms with E-state index in [0.29, 0.717) is 6.04 Å². The Morgan fingerprint density at radius 2 is 2.14 bits per heavy atom. The zero-order valence-corrected chi connectivity index (χ0v) is 13.4. The molecule has 0 saturated heterocycles. The van der Waals surface area contributed by atoms with Gasteiger partial charge in [-0.15, -0.1) is 0 Å². The first kappa shape index (κ1) is 14.6. The van der Waals surface area contributed by atoms with Crippen LogP contribution in [0.1, 0.15) is 37.6 Å². The van der Waals surface area contributed by atoms with Crippen molar-refractivity contribution in [1.29, 1.82) is 0 Å². The van der Waals surface area contributed by atoms with Crippen LogP contribution in [0.15, 0.2) is 36.7 Å². The lowest BCUT2D eigenvalue weighted by molar-refractivity contribution is 0.401. The van der Waals surface area contributed by atoms with Gasteiger partial charge in [-0.3, -0.25) is 0 Å². The molecule has 2 aromatic rings. The smallest absolute Gasteiger partial charge is 0.105 e. The van der Waals surface area contributed by atoms with Crippen molar-refractivity contribution in [2.45, 2.75) is 51.2 Å². The molecule has 0 aliphatic heterocycles. The summed E-state index contributed by atoms with van der Waals surface area (Å²) in [5.41, 5.74) is 1.35. The van der Waals surface area contributed by atoms with Crippen molar-refractivity contribution < 1.29 is 0 Å². The van der Waals surface area contributed by atoms with Crippen molar-refractivity contribution in [2.24, 2.45) is 0 Å². The first-order valence-electron chi connectivity index (χ1n) is 7.61. The van der Waals surface area contributed by atoms with Gasteiger partial charge in [0.25, 0.3) is 0 Å². The summed E-state index contributed by atoms with van der Waals surface area (Å²) in [5.74, 6) is 1.08. The van der Waals surface area contributed by atoms with Crippen LogP contribution in [0.2, 0.25) is 5.02 Å². The van der Waals surface area contributed by atoms with Crippen LogP contribution in [0.5, 0.6) is 0 Å². The molecule has 1 unspecified atom stereocenters. The standard InChI is InChI=1S/C17H22ClN3/c1-13(7-11-21-12-10-19-14(21)2)20-17(8-9-17)15-5-3-4-6-16(15)18/h3-6,10,12-13,20H,7-9,11H2,1-2H3. The number of benzene rings is 1. The fourth-order valence-corrected chi connectivity index (χ4v) is 3.30. The van der Waals surface area contributed by atoms with E-state index in [1.54, 1.807) is 0 Å². The van der Waals surface area contributed by atoms with E-state index in [9.17, 15) is 0 Å². The first-order valence-corrected chi connectivity index (χ1v) is 7.99. The number of nitrogens with one attached hydrogen (secondary N) is 1. The van der Waals surface area contributed by atoms with E-state index in [1.807, 2.05) is 31.5 Å². The summed E-state index contributed by atoms with van der Waals surface area (Å²) in [6.45, 7) is 5.30. The van der Waals surface area contributed by atoms with Gasteiger partial charge >= 0.3 is 0 Å². The average molecular weight is 304 g/mol. The normalized spacial score (nSPS) is 17.7. The Morgan fingerprint density at radius 1 is 1.38 bits per heavy atom. The summed E-state index contributed by atoms with van der Waals surface area (Å²) in [6, 6.07) is 8.65. The van der Waals surface area contributed by atoms with Gasteiger partial charge in [0.05, 0.1) is 0 Å². The number of imidazole rings is 1. The highest BCUT2D eigenvalue weighted by atomic mass is 35.5. The Kier molecular flexibility index (Phi) is 4.05. The second kappa shape index (κ2) is 5.82. The SMILES string of the molecule is Cc1nccn1CCC(C)NC1(c2ccccc2Cl)CC1. The molecule has 1 aliphatic carbocycles. The van der Waals surface area contributed by atoms with Crippen LogP contribution in [-0.4, -0.2) is 15.6 Å². The van der Waals surface area contributed by atoms with Crippen LogP contribution < -0.4 is 5.32 Å². The first-order chi connectivity index (χ1) is 10.1. The van der Waals surface area contributed by atoms with Crippen LogP contribution in [0.25, 0.3) is 0 Å². The molecule has 1 fully saturated rings. The molecule has 1 N–H and O–H groups in total. The third-order valence-corrected chi connectivity index (χ3v) is 4.72. The van der Waals surface area contributed by atoms with E-state index in [2.05, 4.69) is 33.9 Å². The van der Waals surface area contributed by atoms with Gasteiger partial charge in [-0.05, 0) is 44.7 Å². The maximum absolute atomic E-state index is 6.36. The molecular formula is C17H22ClN3. The molecule has 0 bridgehead atoms. The van der Waals surface area contributed by atoms with Crippen LogP contribution >= 0.6 is 11.6 Å². The van der Waals surface area contributed by atoms with Crippen molar-refractivity contribution in [1.82, 2.24) is 14.9 Å². The molecule has 1 aromatic carbocycles. The van der Waals surface area contributed by atoms with Crippen LogP contribution in [0.4, 0.5) is 0 Å². The van der Waals surface area contributed by atoms with Crippen LogP contribution in [0, 0.1) is 6.92 Å². The lowest BCUT2D eigenvalue weighted by Gasteiger charge is -2.24. The van der Waals surface area contributed by atoms with Gasteiger partial charge in [0.15, 0.2) is 0 Å². The fourth-order valence-electron chi connectivity index (χ4n) is 2.98. The third kappa shape index (κ3) is 3.14. The Labute approximate surface area is 131 Å². The molecule has 0 radical (unpaired) electrons. The molecule has 1 heterocycles. The largest absolute Gasteiger partial charge is 0.335 e. The minimum absolute atomic E-state index is 0.0990. The lowest BCUT2D eigenvalue weighted by Crippen LogP contribution is -2.37. The highest BCUT2D eigenvalue weighted by Gasteiger charge is 2.45. The number of aryl methyl sites for hydroxylation is 2. The van der Waals surface area contributed by atoms with E-state index in [1.165, 1.54) is 18.4 Å². The molecule has 0 spiro atoms. The highest BCUT2D eigenvalue weighted by Crippen LogP contribution is 2.48. The van der Waals surface area contributed by atoms with Gasteiger partial charge in [0.2, 0.25) is 0 Å². The molecular weight excluding hydrogens is 282 g/mol. The Morgan fingerprint density at radius 3 is 2.76 bits per heavy atom. The van der Waals surface area contributed by atoms with Gasteiger partial charge in [0, 0.05) is 35.5 Å². The van der Waals surface area contributed by atoms with Crippen molar-refractivity contribution >= 4 is 11.6 Å². The maximum Gasteiger partial charge on any atom is 0.105 e. The van der Waals surface area contributed by atoms with Gasteiger partial charge in [-0.2, -0.15) is 0 Å². The lowest BCUT2D eigenvalue weighted by atomic mass is 10.0. The second-order valence-corrected chi connectivity index (χ2v) is 6.47.